The normalized spacial score (nSPS) is 33.9. The van der Waals surface area contributed by atoms with Gasteiger partial charge in [-0.15, -0.1) is 0 Å². The fourth-order valence-corrected chi connectivity index (χ4v) is 3.25. The van der Waals surface area contributed by atoms with Crippen LogP contribution in [0.15, 0.2) is 35.9 Å². The maximum Gasteiger partial charge on any atom is 0.115 e. The van der Waals surface area contributed by atoms with E-state index in [0.29, 0.717) is 12.5 Å². The molecule has 0 saturated carbocycles. The van der Waals surface area contributed by atoms with E-state index in [0.717, 1.165) is 18.4 Å². The Morgan fingerprint density at radius 1 is 1.32 bits per heavy atom. The van der Waals surface area contributed by atoms with E-state index < -0.39 is 0 Å². The van der Waals surface area contributed by atoms with Gasteiger partial charge in [-0.1, -0.05) is 23.8 Å². The molecule has 1 aromatic rings. The Morgan fingerprint density at radius 2 is 2.05 bits per heavy atom. The molecule has 3 rings (SSSR count). The summed E-state index contributed by atoms with van der Waals surface area (Å²) in [6, 6.07) is 7.25. The number of benzene rings is 1. The van der Waals surface area contributed by atoms with Crippen LogP contribution in [-0.2, 0) is 4.74 Å². The number of aliphatic hydroxyl groups excluding tert-OH is 1. The van der Waals surface area contributed by atoms with E-state index in [-0.39, 0.29) is 23.9 Å². The predicted octanol–water partition coefficient (Wildman–Crippen LogP) is 2.80. The Hall–Kier alpha value is -1.32. The first-order valence-electron chi connectivity index (χ1n) is 6.82. The van der Waals surface area contributed by atoms with Crippen LogP contribution in [0.4, 0.5) is 0 Å². The van der Waals surface area contributed by atoms with Gasteiger partial charge in [0.2, 0.25) is 0 Å². The average Bonchev–Trinajstić information content (AvgIpc) is 2.45. The second-order valence-electron chi connectivity index (χ2n) is 5.94. The van der Waals surface area contributed by atoms with Crippen LogP contribution in [0.3, 0.4) is 0 Å². The number of fused-ring (bicyclic) bond motifs is 2. The number of phenolic OH excluding ortho intramolecular Hbond substituents is 1. The highest BCUT2D eigenvalue weighted by Gasteiger charge is 2.44. The standard InChI is InChI=1S/C16H20O3/c1-11-6-7-16(9-17)8-14(11)15(19-10-16)12-2-4-13(18)5-3-12/h2-6,14-15,17-18H,7-10H2,1H3. The van der Waals surface area contributed by atoms with E-state index in [1.54, 1.807) is 12.1 Å². The first kappa shape index (κ1) is 12.7. The smallest absolute Gasteiger partial charge is 0.115 e. The molecule has 2 aliphatic rings. The second kappa shape index (κ2) is 4.66. The molecule has 0 aromatic heterocycles. The number of aliphatic hydroxyl groups is 1. The van der Waals surface area contributed by atoms with E-state index in [4.69, 9.17) is 4.74 Å². The zero-order valence-corrected chi connectivity index (χ0v) is 11.2. The van der Waals surface area contributed by atoms with Crippen LogP contribution in [0.1, 0.15) is 31.4 Å². The molecule has 2 bridgehead atoms. The Kier molecular flexibility index (Phi) is 3.11. The van der Waals surface area contributed by atoms with Crippen LogP contribution in [-0.4, -0.2) is 23.4 Å². The molecule has 1 aliphatic carbocycles. The molecule has 0 spiro atoms. The lowest BCUT2D eigenvalue weighted by molar-refractivity contribution is -0.113. The van der Waals surface area contributed by atoms with E-state index in [1.807, 2.05) is 12.1 Å². The fraction of sp³-hybridized carbons (Fsp3) is 0.500. The topological polar surface area (TPSA) is 49.7 Å². The van der Waals surface area contributed by atoms with Gasteiger partial charge in [0.15, 0.2) is 0 Å². The molecular weight excluding hydrogens is 240 g/mol. The first-order valence-corrected chi connectivity index (χ1v) is 6.82. The summed E-state index contributed by atoms with van der Waals surface area (Å²) >= 11 is 0. The molecule has 0 amide bonds. The van der Waals surface area contributed by atoms with Gasteiger partial charge in [-0.05, 0) is 37.5 Å². The number of allylic oxidation sites excluding steroid dienone is 1. The molecular formula is C16H20O3. The molecule has 1 saturated heterocycles. The van der Waals surface area contributed by atoms with Crippen molar-refractivity contribution in [3.8, 4) is 5.75 Å². The van der Waals surface area contributed by atoms with Gasteiger partial charge >= 0.3 is 0 Å². The van der Waals surface area contributed by atoms with Crippen LogP contribution in [0, 0.1) is 11.3 Å². The molecule has 0 radical (unpaired) electrons. The molecule has 19 heavy (non-hydrogen) atoms. The zero-order valence-electron chi connectivity index (χ0n) is 11.2. The number of aromatic hydroxyl groups is 1. The van der Waals surface area contributed by atoms with Gasteiger partial charge in [-0.3, -0.25) is 0 Å². The lowest BCUT2D eigenvalue weighted by Gasteiger charge is -2.47. The van der Waals surface area contributed by atoms with Gasteiger partial charge in [0, 0.05) is 11.3 Å². The van der Waals surface area contributed by atoms with Crippen molar-refractivity contribution in [2.24, 2.45) is 11.3 Å². The van der Waals surface area contributed by atoms with Crippen LogP contribution in [0.2, 0.25) is 0 Å². The van der Waals surface area contributed by atoms with Crippen LogP contribution >= 0.6 is 0 Å². The maximum absolute atomic E-state index is 9.63. The minimum Gasteiger partial charge on any atom is -0.508 e. The van der Waals surface area contributed by atoms with Crippen LogP contribution in [0.25, 0.3) is 0 Å². The summed E-state index contributed by atoms with van der Waals surface area (Å²) in [7, 11) is 0. The molecule has 1 aliphatic heterocycles. The summed E-state index contributed by atoms with van der Waals surface area (Å²) < 4.78 is 6.05. The monoisotopic (exact) mass is 260 g/mol. The molecule has 1 heterocycles. The SMILES string of the molecule is CC1=CCC2(CO)COC(c3ccc(O)cc3)C1C2. The minimum absolute atomic E-state index is 0.0387. The number of phenols is 1. The molecule has 2 N–H and O–H groups in total. The van der Waals surface area contributed by atoms with E-state index in [1.165, 1.54) is 5.57 Å². The number of hydrogen-bond donors (Lipinski definition) is 2. The Balaban J connectivity index is 1.91. The zero-order chi connectivity index (χ0) is 13.5. The lowest BCUT2D eigenvalue weighted by Crippen LogP contribution is -2.43. The Labute approximate surface area is 113 Å². The molecule has 1 fully saturated rings. The minimum atomic E-state index is -0.0857. The molecule has 1 aromatic carbocycles. The number of rotatable bonds is 2. The van der Waals surface area contributed by atoms with Gasteiger partial charge in [0.25, 0.3) is 0 Å². The summed E-state index contributed by atoms with van der Waals surface area (Å²) in [6.07, 6.45) is 4.18. The van der Waals surface area contributed by atoms with E-state index >= 15 is 0 Å². The summed E-state index contributed by atoms with van der Waals surface area (Å²) in [4.78, 5) is 0. The van der Waals surface area contributed by atoms with Gasteiger partial charge in [0.05, 0.1) is 19.3 Å². The second-order valence-corrected chi connectivity index (χ2v) is 5.94. The highest BCUT2D eigenvalue weighted by atomic mass is 16.5. The molecule has 3 heteroatoms. The van der Waals surface area contributed by atoms with E-state index in [9.17, 15) is 10.2 Å². The van der Waals surface area contributed by atoms with Gasteiger partial charge in [-0.2, -0.15) is 0 Å². The van der Waals surface area contributed by atoms with Crippen LogP contribution in [0.5, 0.6) is 5.75 Å². The maximum atomic E-state index is 9.63. The van der Waals surface area contributed by atoms with Crippen molar-refractivity contribution in [3.63, 3.8) is 0 Å². The van der Waals surface area contributed by atoms with Crippen molar-refractivity contribution in [1.29, 1.82) is 0 Å². The third-order valence-electron chi connectivity index (χ3n) is 4.59. The Morgan fingerprint density at radius 3 is 2.74 bits per heavy atom. The van der Waals surface area contributed by atoms with E-state index in [2.05, 4.69) is 13.0 Å². The summed E-state index contributed by atoms with van der Waals surface area (Å²) in [5.41, 5.74) is 2.36. The van der Waals surface area contributed by atoms with Gasteiger partial charge < -0.3 is 14.9 Å². The van der Waals surface area contributed by atoms with Gasteiger partial charge in [-0.25, -0.2) is 0 Å². The first-order chi connectivity index (χ1) is 9.13. The third kappa shape index (κ3) is 2.17. The van der Waals surface area contributed by atoms with Crippen molar-refractivity contribution < 1.29 is 14.9 Å². The van der Waals surface area contributed by atoms with Gasteiger partial charge in [0.1, 0.15) is 5.75 Å². The summed E-state index contributed by atoms with van der Waals surface area (Å²) in [5, 5.41) is 19.0. The number of ether oxygens (including phenoxy) is 1. The summed E-state index contributed by atoms with van der Waals surface area (Å²) in [6.45, 7) is 2.94. The van der Waals surface area contributed by atoms with Crippen LogP contribution < -0.4 is 0 Å². The molecule has 3 atom stereocenters. The van der Waals surface area contributed by atoms with Crippen molar-refractivity contribution in [1.82, 2.24) is 0 Å². The lowest BCUT2D eigenvalue weighted by atomic mass is 9.67. The average molecular weight is 260 g/mol. The van der Waals surface area contributed by atoms with Crippen molar-refractivity contribution in [2.75, 3.05) is 13.2 Å². The van der Waals surface area contributed by atoms with Crippen molar-refractivity contribution in [2.45, 2.75) is 25.9 Å². The molecule has 3 unspecified atom stereocenters. The van der Waals surface area contributed by atoms with Crippen molar-refractivity contribution in [3.05, 3.63) is 41.5 Å². The number of hydrogen-bond acceptors (Lipinski definition) is 3. The highest BCUT2D eigenvalue weighted by molar-refractivity contribution is 5.30. The molecule has 102 valence electrons. The predicted molar refractivity (Wildman–Crippen MR) is 72.8 cm³/mol. The highest BCUT2D eigenvalue weighted by Crippen LogP contribution is 2.50. The third-order valence-corrected chi connectivity index (χ3v) is 4.59. The largest absolute Gasteiger partial charge is 0.508 e. The summed E-state index contributed by atoms with van der Waals surface area (Å²) in [5.74, 6) is 0.611. The Bertz CT molecular complexity index is 491. The fourth-order valence-electron chi connectivity index (χ4n) is 3.25. The quantitative estimate of drug-likeness (QED) is 0.804. The van der Waals surface area contributed by atoms with Crippen molar-refractivity contribution >= 4 is 0 Å². The molecule has 3 nitrogen and oxygen atoms in total.